The number of thioether (sulfide) groups is 1. The van der Waals surface area contributed by atoms with Gasteiger partial charge in [0.1, 0.15) is 0 Å². The van der Waals surface area contributed by atoms with Crippen molar-refractivity contribution in [2.24, 2.45) is 0 Å². The lowest BCUT2D eigenvalue weighted by Gasteiger charge is -2.10. The number of nitrogens with one attached hydrogen (secondary N) is 2. The van der Waals surface area contributed by atoms with Gasteiger partial charge in [0.05, 0.1) is 18.5 Å². The molecule has 0 aliphatic heterocycles. The minimum Gasteiger partial charge on any atom is -0.457 e. The SMILES string of the molecule is CSc1ccc(C(=O)COC(=O)CCNC(=O)Cc2ccccc2)cc1NC(C)=O. The number of hydrogen-bond donors (Lipinski definition) is 2. The number of benzene rings is 2. The average Bonchev–Trinajstić information content (AvgIpc) is 2.72. The maximum atomic E-state index is 12.3. The second-order valence-corrected chi connectivity index (χ2v) is 7.29. The molecule has 0 atom stereocenters. The minimum atomic E-state index is -0.578. The lowest BCUT2D eigenvalue weighted by Crippen LogP contribution is -2.28. The standard InChI is InChI=1S/C22H24N2O5S/c1-15(25)24-18-13-17(8-9-20(18)30-2)19(26)14-29-22(28)10-11-23-21(27)12-16-6-4-3-5-7-16/h3-9,13H,10-12,14H2,1-2H3,(H,23,27)(H,24,25). The van der Waals surface area contributed by atoms with E-state index in [1.54, 1.807) is 18.2 Å². The second-order valence-electron chi connectivity index (χ2n) is 6.44. The Balaban J connectivity index is 1.77. The molecule has 30 heavy (non-hydrogen) atoms. The molecule has 2 aromatic rings. The quantitative estimate of drug-likeness (QED) is 0.343. The Morgan fingerprint density at radius 1 is 1.03 bits per heavy atom. The lowest BCUT2D eigenvalue weighted by atomic mass is 10.1. The molecule has 0 aromatic heterocycles. The Morgan fingerprint density at radius 2 is 1.77 bits per heavy atom. The molecule has 2 amide bonds. The van der Waals surface area contributed by atoms with Gasteiger partial charge in [-0.3, -0.25) is 19.2 Å². The van der Waals surface area contributed by atoms with Gasteiger partial charge < -0.3 is 15.4 Å². The highest BCUT2D eigenvalue weighted by atomic mass is 32.2. The molecule has 8 heteroatoms. The molecular formula is C22H24N2O5S. The van der Waals surface area contributed by atoms with E-state index in [4.69, 9.17) is 4.74 Å². The van der Waals surface area contributed by atoms with Gasteiger partial charge in [0.25, 0.3) is 0 Å². The largest absolute Gasteiger partial charge is 0.457 e. The highest BCUT2D eigenvalue weighted by molar-refractivity contribution is 7.98. The molecule has 0 saturated heterocycles. The summed E-state index contributed by atoms with van der Waals surface area (Å²) >= 11 is 1.44. The molecule has 0 saturated carbocycles. The van der Waals surface area contributed by atoms with Crippen LogP contribution in [0.1, 0.15) is 29.3 Å². The molecule has 0 bridgehead atoms. The van der Waals surface area contributed by atoms with E-state index in [0.717, 1.165) is 10.5 Å². The van der Waals surface area contributed by atoms with Crippen LogP contribution in [0.25, 0.3) is 0 Å². The number of amides is 2. The summed E-state index contributed by atoms with van der Waals surface area (Å²) in [6, 6.07) is 14.2. The van der Waals surface area contributed by atoms with Crippen LogP contribution < -0.4 is 10.6 Å². The van der Waals surface area contributed by atoms with Crippen LogP contribution in [0.4, 0.5) is 5.69 Å². The number of esters is 1. The average molecular weight is 429 g/mol. The topological polar surface area (TPSA) is 102 Å². The van der Waals surface area contributed by atoms with Gasteiger partial charge in [-0.2, -0.15) is 0 Å². The first-order valence-corrected chi connectivity index (χ1v) is 10.6. The third-order valence-corrected chi connectivity index (χ3v) is 4.85. The van der Waals surface area contributed by atoms with E-state index in [-0.39, 0.29) is 37.0 Å². The third-order valence-electron chi connectivity index (χ3n) is 4.06. The molecule has 2 N–H and O–H groups in total. The fraction of sp³-hybridized carbons (Fsp3) is 0.273. The van der Waals surface area contributed by atoms with E-state index < -0.39 is 12.6 Å². The van der Waals surface area contributed by atoms with E-state index >= 15 is 0 Å². The number of carbonyl (C=O) groups is 4. The Hall–Kier alpha value is -3.13. The predicted octanol–water partition coefficient (Wildman–Crippen LogP) is 2.84. The first-order chi connectivity index (χ1) is 14.4. The molecule has 7 nitrogen and oxygen atoms in total. The molecule has 0 heterocycles. The molecule has 0 fully saturated rings. The molecule has 158 valence electrons. The first kappa shape index (κ1) is 23.2. The van der Waals surface area contributed by atoms with E-state index in [1.807, 2.05) is 36.6 Å². The van der Waals surface area contributed by atoms with Crippen LogP contribution in [0.5, 0.6) is 0 Å². The highest BCUT2D eigenvalue weighted by Crippen LogP contribution is 2.26. The number of carbonyl (C=O) groups excluding carboxylic acids is 4. The van der Waals surface area contributed by atoms with Crippen LogP contribution >= 0.6 is 11.8 Å². The van der Waals surface area contributed by atoms with Gasteiger partial charge in [-0.15, -0.1) is 11.8 Å². The molecule has 2 rings (SSSR count). The van der Waals surface area contributed by atoms with Crippen LogP contribution in [0.3, 0.4) is 0 Å². The molecule has 0 aliphatic carbocycles. The van der Waals surface area contributed by atoms with Crippen LogP contribution in [0.15, 0.2) is 53.4 Å². The zero-order chi connectivity index (χ0) is 21.9. The van der Waals surface area contributed by atoms with Crippen LogP contribution in [-0.4, -0.2) is 43.0 Å². The maximum absolute atomic E-state index is 12.3. The summed E-state index contributed by atoms with van der Waals surface area (Å²) in [5.74, 6) is -1.39. The van der Waals surface area contributed by atoms with Crippen molar-refractivity contribution in [3.63, 3.8) is 0 Å². The van der Waals surface area contributed by atoms with Crippen molar-refractivity contribution in [2.45, 2.75) is 24.7 Å². The molecule has 0 spiro atoms. The number of rotatable bonds is 10. The Labute approximate surface area is 179 Å². The molecule has 0 unspecified atom stereocenters. The fourth-order valence-corrected chi connectivity index (χ4v) is 3.15. The van der Waals surface area contributed by atoms with Gasteiger partial charge in [0, 0.05) is 23.9 Å². The smallest absolute Gasteiger partial charge is 0.308 e. The van der Waals surface area contributed by atoms with E-state index in [9.17, 15) is 19.2 Å². The van der Waals surface area contributed by atoms with Gasteiger partial charge in [0.15, 0.2) is 12.4 Å². The summed E-state index contributed by atoms with van der Waals surface area (Å²) in [5, 5.41) is 5.33. The van der Waals surface area contributed by atoms with E-state index in [1.165, 1.54) is 18.7 Å². The number of ketones is 1. The van der Waals surface area contributed by atoms with Crippen molar-refractivity contribution in [1.29, 1.82) is 0 Å². The van der Waals surface area contributed by atoms with Crippen molar-refractivity contribution < 1.29 is 23.9 Å². The summed E-state index contributed by atoms with van der Waals surface area (Å²) in [4.78, 5) is 48.2. The number of hydrogen-bond acceptors (Lipinski definition) is 6. The monoisotopic (exact) mass is 428 g/mol. The summed E-state index contributed by atoms with van der Waals surface area (Å²) in [6.07, 6.45) is 2.07. The lowest BCUT2D eigenvalue weighted by molar-refractivity contribution is -0.142. The van der Waals surface area contributed by atoms with Gasteiger partial charge in [-0.05, 0) is 24.0 Å². The summed E-state index contributed by atoms with van der Waals surface area (Å²) in [6.45, 7) is 1.11. The normalized spacial score (nSPS) is 10.2. The van der Waals surface area contributed by atoms with Crippen molar-refractivity contribution >= 4 is 41.0 Å². The summed E-state index contributed by atoms with van der Waals surface area (Å²) < 4.78 is 5.00. The van der Waals surface area contributed by atoms with Crippen molar-refractivity contribution in [1.82, 2.24) is 5.32 Å². The molecule has 2 aromatic carbocycles. The zero-order valence-corrected chi connectivity index (χ0v) is 17.7. The molecule has 0 aliphatic rings. The zero-order valence-electron chi connectivity index (χ0n) is 16.9. The van der Waals surface area contributed by atoms with Gasteiger partial charge in [0.2, 0.25) is 11.8 Å². The number of anilines is 1. The van der Waals surface area contributed by atoms with Gasteiger partial charge in [-0.1, -0.05) is 36.4 Å². The summed E-state index contributed by atoms with van der Waals surface area (Å²) in [7, 11) is 0. The van der Waals surface area contributed by atoms with Crippen molar-refractivity contribution in [3.8, 4) is 0 Å². The molecule has 0 radical (unpaired) electrons. The number of Topliss-reactive ketones (excluding diaryl/α,β-unsaturated/α-hetero) is 1. The Morgan fingerprint density at radius 3 is 2.43 bits per heavy atom. The van der Waals surface area contributed by atoms with Gasteiger partial charge in [-0.25, -0.2) is 0 Å². The Bertz CT molecular complexity index is 915. The fourth-order valence-electron chi connectivity index (χ4n) is 2.62. The first-order valence-electron chi connectivity index (χ1n) is 9.34. The summed E-state index contributed by atoms with van der Waals surface area (Å²) in [5.41, 5.74) is 1.75. The third kappa shape index (κ3) is 7.71. The van der Waals surface area contributed by atoms with E-state index in [0.29, 0.717) is 11.3 Å². The highest BCUT2D eigenvalue weighted by Gasteiger charge is 2.13. The second kappa shape index (κ2) is 11.8. The van der Waals surface area contributed by atoms with Crippen molar-refractivity contribution in [3.05, 3.63) is 59.7 Å². The Kier molecular flexibility index (Phi) is 9.08. The maximum Gasteiger partial charge on any atom is 0.308 e. The van der Waals surface area contributed by atoms with Crippen molar-refractivity contribution in [2.75, 3.05) is 24.7 Å². The predicted molar refractivity (Wildman–Crippen MR) is 116 cm³/mol. The van der Waals surface area contributed by atoms with Crippen LogP contribution in [0, 0.1) is 0 Å². The number of ether oxygens (including phenoxy) is 1. The van der Waals surface area contributed by atoms with Crippen LogP contribution in [0.2, 0.25) is 0 Å². The minimum absolute atomic E-state index is 0.0314. The van der Waals surface area contributed by atoms with Crippen LogP contribution in [-0.2, 0) is 25.5 Å². The van der Waals surface area contributed by atoms with E-state index in [2.05, 4.69) is 10.6 Å². The molecular weight excluding hydrogens is 404 g/mol. The van der Waals surface area contributed by atoms with Gasteiger partial charge >= 0.3 is 5.97 Å².